The molecule has 1 saturated heterocycles. The second kappa shape index (κ2) is 6.81. The van der Waals surface area contributed by atoms with Gasteiger partial charge in [-0.2, -0.15) is 0 Å². The Morgan fingerprint density at radius 3 is 2.42 bits per heavy atom. The van der Waals surface area contributed by atoms with Crippen LogP contribution in [0.4, 0.5) is 4.79 Å². The van der Waals surface area contributed by atoms with Gasteiger partial charge in [0, 0.05) is 5.54 Å². The lowest BCUT2D eigenvalue weighted by molar-refractivity contribution is -0.137. The fourth-order valence-electron chi connectivity index (χ4n) is 7.86. The smallest absolute Gasteiger partial charge is 0.325 e. The number of carbonyl (C=O) groups is 3. The Morgan fingerprint density at radius 2 is 1.71 bits per heavy atom. The van der Waals surface area contributed by atoms with Gasteiger partial charge in [-0.1, -0.05) is 24.3 Å². The predicted octanol–water partition coefficient (Wildman–Crippen LogP) is 3.25. The summed E-state index contributed by atoms with van der Waals surface area (Å²) in [6.07, 6.45) is 10.5. The normalized spacial score (nSPS) is 38.2. The Kier molecular flexibility index (Phi) is 4.25. The van der Waals surface area contributed by atoms with Gasteiger partial charge in [0.25, 0.3) is 5.91 Å². The highest BCUT2D eigenvalue weighted by molar-refractivity contribution is 6.09. The minimum atomic E-state index is -1.02. The largest absolute Gasteiger partial charge is 0.349 e. The second-order valence-electron chi connectivity index (χ2n) is 10.8. The number of hydrogen-bond acceptors (Lipinski definition) is 3. The summed E-state index contributed by atoms with van der Waals surface area (Å²) in [4.78, 5) is 40.7. The molecule has 7 rings (SSSR count). The van der Waals surface area contributed by atoms with Crippen LogP contribution < -0.4 is 10.6 Å². The highest BCUT2D eigenvalue weighted by Crippen LogP contribution is 2.55. The summed E-state index contributed by atoms with van der Waals surface area (Å²) in [6.45, 7) is -0.184. The molecule has 1 aliphatic heterocycles. The summed E-state index contributed by atoms with van der Waals surface area (Å²) in [5, 5.41) is 6.29. The molecule has 6 aliphatic rings. The van der Waals surface area contributed by atoms with Gasteiger partial charge in [-0.3, -0.25) is 14.5 Å². The third-order valence-electron chi connectivity index (χ3n) is 8.65. The molecule has 5 aliphatic carbocycles. The lowest BCUT2D eigenvalue weighted by Crippen LogP contribution is -2.61. The number of urea groups is 1. The van der Waals surface area contributed by atoms with Crippen molar-refractivity contribution in [2.45, 2.75) is 75.3 Å². The highest BCUT2D eigenvalue weighted by atomic mass is 16.2. The summed E-state index contributed by atoms with van der Waals surface area (Å²) in [5.74, 6) is 1.73. The average molecular weight is 422 g/mol. The number of nitrogens with zero attached hydrogens (tertiary/aromatic N) is 1. The van der Waals surface area contributed by atoms with Crippen molar-refractivity contribution in [2.24, 2.45) is 17.8 Å². The van der Waals surface area contributed by atoms with Gasteiger partial charge in [-0.05, 0) is 93.1 Å². The van der Waals surface area contributed by atoms with E-state index in [9.17, 15) is 14.4 Å². The molecule has 1 unspecified atom stereocenters. The molecule has 1 atom stereocenters. The van der Waals surface area contributed by atoms with Crippen molar-refractivity contribution >= 4 is 17.8 Å². The van der Waals surface area contributed by atoms with Gasteiger partial charge in [0.15, 0.2) is 0 Å². The van der Waals surface area contributed by atoms with E-state index in [2.05, 4.69) is 10.6 Å². The minimum absolute atomic E-state index is 0.113. The molecular formula is C25H31N3O3. The lowest BCUT2D eigenvalue weighted by atomic mass is 9.53. The number of benzene rings is 1. The Labute approximate surface area is 183 Å². The molecule has 5 fully saturated rings. The van der Waals surface area contributed by atoms with E-state index in [1.807, 2.05) is 24.3 Å². The number of nitrogens with one attached hydrogen (secondary N) is 2. The number of amides is 4. The number of rotatable bonds is 3. The van der Waals surface area contributed by atoms with E-state index in [0.29, 0.717) is 6.42 Å². The van der Waals surface area contributed by atoms with Gasteiger partial charge in [0.05, 0.1) is 0 Å². The first-order valence-electron chi connectivity index (χ1n) is 12.0. The molecular weight excluding hydrogens is 390 g/mol. The van der Waals surface area contributed by atoms with Gasteiger partial charge >= 0.3 is 6.03 Å². The van der Waals surface area contributed by atoms with Gasteiger partial charge in [0.2, 0.25) is 5.91 Å². The molecule has 1 aromatic rings. The molecule has 4 amide bonds. The first-order valence-corrected chi connectivity index (χ1v) is 12.0. The number of imide groups is 1. The van der Waals surface area contributed by atoms with Gasteiger partial charge < -0.3 is 10.6 Å². The van der Waals surface area contributed by atoms with Gasteiger partial charge in [-0.25, -0.2) is 4.79 Å². The van der Waals surface area contributed by atoms with Crippen molar-refractivity contribution < 1.29 is 14.4 Å². The monoisotopic (exact) mass is 421 g/mol. The summed E-state index contributed by atoms with van der Waals surface area (Å²) in [7, 11) is 0. The summed E-state index contributed by atoms with van der Waals surface area (Å²) in [5.41, 5.74) is 0.881. The minimum Gasteiger partial charge on any atom is -0.349 e. The van der Waals surface area contributed by atoms with Gasteiger partial charge in [-0.15, -0.1) is 0 Å². The lowest BCUT2D eigenvalue weighted by Gasteiger charge is -2.56. The fraction of sp³-hybridized carbons (Fsp3) is 0.640. The van der Waals surface area contributed by atoms with E-state index >= 15 is 0 Å². The summed E-state index contributed by atoms with van der Waals surface area (Å²) < 4.78 is 0. The standard InChI is InChI=1S/C25H31N3O3/c29-21(26-24-12-16-9-17(13-24)11-18(10-16)14-24)15-28-22(30)25(27-23(28)31)8-4-3-6-19-5-1-2-7-20(19)25/h1-2,5,7,16-18H,3-4,6,8-15H2,(H,26,29)(H,27,31). The molecule has 0 aromatic heterocycles. The molecule has 1 spiro atoms. The predicted molar refractivity (Wildman–Crippen MR) is 115 cm³/mol. The van der Waals surface area contributed by atoms with E-state index in [1.165, 1.54) is 19.3 Å². The van der Waals surface area contributed by atoms with Crippen LogP contribution in [0.5, 0.6) is 0 Å². The van der Waals surface area contributed by atoms with E-state index < -0.39 is 11.6 Å². The van der Waals surface area contributed by atoms with Gasteiger partial charge in [0.1, 0.15) is 12.1 Å². The average Bonchev–Trinajstić information content (AvgIpc) is 2.85. The van der Waals surface area contributed by atoms with Crippen LogP contribution in [0.1, 0.15) is 68.9 Å². The molecule has 4 saturated carbocycles. The highest BCUT2D eigenvalue weighted by Gasteiger charge is 2.55. The fourth-order valence-corrected chi connectivity index (χ4v) is 7.86. The van der Waals surface area contributed by atoms with Crippen LogP contribution in [-0.4, -0.2) is 34.8 Å². The van der Waals surface area contributed by atoms with Crippen LogP contribution in [-0.2, 0) is 21.5 Å². The van der Waals surface area contributed by atoms with Crippen LogP contribution in [0.15, 0.2) is 24.3 Å². The molecule has 31 heavy (non-hydrogen) atoms. The van der Waals surface area contributed by atoms with E-state index in [4.69, 9.17) is 0 Å². The molecule has 4 bridgehead atoms. The molecule has 1 heterocycles. The molecule has 2 N–H and O–H groups in total. The third kappa shape index (κ3) is 3.01. The van der Waals surface area contributed by atoms with Crippen molar-refractivity contribution in [3.8, 4) is 0 Å². The maximum atomic E-state index is 13.6. The van der Waals surface area contributed by atoms with E-state index in [-0.39, 0.29) is 23.9 Å². The topological polar surface area (TPSA) is 78.5 Å². The van der Waals surface area contributed by atoms with E-state index in [0.717, 1.165) is 72.3 Å². The number of hydrogen-bond donors (Lipinski definition) is 2. The van der Waals surface area contributed by atoms with Crippen molar-refractivity contribution in [1.82, 2.24) is 15.5 Å². The summed E-state index contributed by atoms with van der Waals surface area (Å²) in [6, 6.07) is 7.47. The van der Waals surface area contributed by atoms with Crippen LogP contribution >= 0.6 is 0 Å². The third-order valence-corrected chi connectivity index (χ3v) is 8.65. The Morgan fingerprint density at radius 1 is 1.03 bits per heavy atom. The van der Waals surface area contributed by atoms with Crippen molar-refractivity contribution in [1.29, 1.82) is 0 Å². The first kappa shape index (κ1) is 19.3. The van der Waals surface area contributed by atoms with Crippen molar-refractivity contribution in [3.63, 3.8) is 0 Å². The van der Waals surface area contributed by atoms with E-state index in [1.54, 1.807) is 0 Å². The summed E-state index contributed by atoms with van der Waals surface area (Å²) >= 11 is 0. The number of carbonyl (C=O) groups excluding carboxylic acids is 3. The maximum absolute atomic E-state index is 13.6. The molecule has 0 radical (unpaired) electrons. The zero-order valence-corrected chi connectivity index (χ0v) is 18.0. The Balaban J connectivity index is 1.21. The molecule has 1 aromatic carbocycles. The quantitative estimate of drug-likeness (QED) is 0.736. The Hall–Kier alpha value is -2.37. The second-order valence-corrected chi connectivity index (χ2v) is 10.8. The maximum Gasteiger partial charge on any atom is 0.325 e. The van der Waals surface area contributed by atoms with Crippen molar-refractivity contribution in [3.05, 3.63) is 35.4 Å². The SMILES string of the molecule is O=C(CN1C(=O)NC2(CCCCc3ccccc32)C1=O)NC12CC3CC(CC(C3)C1)C2. The Bertz CT molecular complexity index is 922. The van der Waals surface area contributed by atoms with Crippen LogP contribution in [0.25, 0.3) is 0 Å². The molecule has 6 nitrogen and oxygen atoms in total. The van der Waals surface area contributed by atoms with Crippen LogP contribution in [0, 0.1) is 17.8 Å². The van der Waals surface area contributed by atoms with Crippen LogP contribution in [0.2, 0.25) is 0 Å². The van der Waals surface area contributed by atoms with Crippen molar-refractivity contribution in [2.75, 3.05) is 6.54 Å². The zero-order chi connectivity index (χ0) is 21.2. The zero-order valence-electron chi connectivity index (χ0n) is 18.0. The molecule has 6 heteroatoms. The molecule has 164 valence electrons. The van der Waals surface area contributed by atoms with Crippen LogP contribution in [0.3, 0.4) is 0 Å². The first-order chi connectivity index (χ1) is 15.0. The number of aryl methyl sites for hydroxylation is 1. The number of fused-ring (bicyclic) bond motifs is 2.